The number of anilines is 2. The molecule has 7 aliphatic rings. The lowest BCUT2D eigenvalue weighted by molar-refractivity contribution is -0.136. The predicted octanol–water partition coefficient (Wildman–Crippen LogP) is 11.0. The highest BCUT2D eigenvalue weighted by atomic mass is 28.3. The number of ether oxygens (including phenoxy) is 5. The van der Waals surface area contributed by atoms with Gasteiger partial charge in [0, 0.05) is 112 Å². The number of piperazine rings is 2. The second kappa shape index (κ2) is 27.0. The minimum absolute atomic E-state index is 0.00145. The van der Waals surface area contributed by atoms with Gasteiger partial charge in [-0.05, 0) is 162 Å². The fourth-order valence-corrected chi connectivity index (χ4v) is 21.3. The number of amides is 4. The third-order valence-corrected chi connectivity index (χ3v) is 27.4. The number of nitrogens with one attached hydrogen (secondary N) is 1. The minimum atomic E-state index is -2.18. The van der Waals surface area contributed by atoms with Crippen LogP contribution in [0.15, 0.2) is 54.7 Å². The Kier molecular flexibility index (Phi) is 19.2. The molecule has 4 amide bonds. The highest BCUT2D eigenvalue weighted by molar-refractivity contribution is 6.90. The molecule has 2 aromatic heterocycles. The molecule has 0 spiro atoms. The van der Waals surface area contributed by atoms with Gasteiger partial charge in [-0.2, -0.15) is 9.97 Å². The Morgan fingerprint density at radius 1 is 0.871 bits per heavy atom. The number of fused-ring (bicyclic) bond motifs is 5. The summed E-state index contributed by atoms with van der Waals surface area (Å²) in [7, 11) is -0.612. The van der Waals surface area contributed by atoms with Gasteiger partial charge in [0.2, 0.25) is 11.8 Å². The SMILES string of the molecule is CCO[C@H]1C[C@H]2CN(c3nc(OCC4(CN5CCC(CCN6CCN(c7ccc8c(c7)CN([C@H]7CCC(=O)NC7=O)C8=O)CC6)CC5)CC4)nc4c(F)c(-c5cc(OCOC)cc6cccc(C#C[Si](C(C)C)(C(C)C)C(C)C)c56)ncc34)C[C@@H]1N2C(=O)OC(C)(C)C. The van der Waals surface area contributed by atoms with Gasteiger partial charge in [0.1, 0.15) is 42.5 Å². The normalized spacial score (nSPS) is 22.1. The first-order valence-electron chi connectivity index (χ1n) is 34.1. The summed E-state index contributed by atoms with van der Waals surface area (Å²) >= 11 is 0. The Hall–Kier alpha value is -6.96. The topological polar surface area (TPSA) is 185 Å². The number of nitrogens with zero attached hydrogens (tertiary/aromatic N) is 9. The number of hydrogen-bond acceptors (Lipinski definition) is 16. The van der Waals surface area contributed by atoms with Crippen LogP contribution in [-0.4, -0.2) is 189 Å². The van der Waals surface area contributed by atoms with Crippen LogP contribution in [0.25, 0.3) is 32.9 Å². The molecular weight excluding hydrogens is 1200 g/mol. The number of imide groups is 1. The maximum atomic E-state index is 18.4. The number of likely N-dealkylation sites (tertiary alicyclic amines) is 1. The van der Waals surface area contributed by atoms with Crippen LogP contribution in [0.5, 0.6) is 11.8 Å². The van der Waals surface area contributed by atoms with Crippen molar-refractivity contribution < 1.29 is 47.3 Å². The van der Waals surface area contributed by atoms with Gasteiger partial charge in [-0.25, -0.2) is 9.18 Å². The molecule has 5 aromatic rings. The van der Waals surface area contributed by atoms with E-state index in [2.05, 4.69) is 84.0 Å². The maximum Gasteiger partial charge on any atom is 0.411 e. The second-order valence-electron chi connectivity index (χ2n) is 29.2. The third-order valence-electron chi connectivity index (χ3n) is 21.1. The molecule has 498 valence electrons. The summed E-state index contributed by atoms with van der Waals surface area (Å²) in [5, 5.41) is 4.43. The lowest BCUT2D eigenvalue weighted by atomic mass is 9.92. The van der Waals surface area contributed by atoms with Crippen molar-refractivity contribution in [1.82, 2.24) is 39.9 Å². The number of halogens is 1. The molecule has 19 nitrogen and oxygen atoms in total. The van der Waals surface area contributed by atoms with Crippen molar-refractivity contribution in [3.8, 4) is 34.5 Å². The number of carbonyl (C=O) groups excluding carboxylic acids is 4. The van der Waals surface area contributed by atoms with E-state index in [4.69, 9.17) is 38.6 Å². The van der Waals surface area contributed by atoms with Gasteiger partial charge in [-0.15, -0.1) is 5.54 Å². The molecule has 0 unspecified atom stereocenters. The number of piperidine rings is 2. The van der Waals surface area contributed by atoms with Gasteiger partial charge in [0.05, 0.1) is 30.2 Å². The van der Waals surface area contributed by atoms with E-state index in [0.717, 1.165) is 112 Å². The zero-order chi connectivity index (χ0) is 65.7. The number of hydrogen-bond donors (Lipinski definition) is 1. The van der Waals surface area contributed by atoms with E-state index in [0.29, 0.717) is 96.3 Å². The highest BCUT2D eigenvalue weighted by Gasteiger charge is 2.52. The average molecular weight is 1290 g/mol. The molecule has 1 N–H and O–H groups in total. The van der Waals surface area contributed by atoms with Gasteiger partial charge in [0.25, 0.3) is 5.91 Å². The first-order valence-corrected chi connectivity index (χ1v) is 36.3. The molecule has 6 fully saturated rings. The van der Waals surface area contributed by atoms with Crippen LogP contribution in [0.3, 0.4) is 0 Å². The summed E-state index contributed by atoms with van der Waals surface area (Å²) in [4.78, 5) is 80.0. The molecule has 2 bridgehead atoms. The molecule has 8 heterocycles. The largest absolute Gasteiger partial charge is 0.468 e. The summed E-state index contributed by atoms with van der Waals surface area (Å²) in [5.74, 6) is 3.89. The molecular formula is C72H95FN10O9Si. The minimum Gasteiger partial charge on any atom is -0.468 e. The van der Waals surface area contributed by atoms with Crippen LogP contribution in [0.4, 0.5) is 20.7 Å². The number of methoxy groups -OCH3 is 1. The van der Waals surface area contributed by atoms with E-state index in [1.54, 1.807) is 18.2 Å². The van der Waals surface area contributed by atoms with Crippen molar-refractivity contribution in [2.75, 3.05) is 102 Å². The summed E-state index contributed by atoms with van der Waals surface area (Å²) in [5.41, 5.74) is 8.55. The molecule has 3 aromatic carbocycles. The third kappa shape index (κ3) is 13.7. The van der Waals surface area contributed by atoms with Gasteiger partial charge >= 0.3 is 12.1 Å². The first-order chi connectivity index (χ1) is 44.5. The van der Waals surface area contributed by atoms with E-state index in [-0.39, 0.29) is 71.9 Å². The Balaban J connectivity index is 0.756. The summed E-state index contributed by atoms with van der Waals surface area (Å²) in [6, 6.07) is 14.7. The fraction of sp³-hybridized carbons (Fsp3) is 0.597. The zero-order valence-corrected chi connectivity index (χ0v) is 57.4. The zero-order valence-electron chi connectivity index (χ0n) is 56.4. The van der Waals surface area contributed by atoms with Gasteiger partial charge < -0.3 is 43.3 Å². The number of carbonyl (C=O) groups is 4. The number of benzene rings is 3. The molecule has 5 saturated heterocycles. The first kappa shape index (κ1) is 66.1. The molecule has 6 aliphatic heterocycles. The van der Waals surface area contributed by atoms with Crippen LogP contribution in [0.1, 0.15) is 142 Å². The smallest absolute Gasteiger partial charge is 0.411 e. The monoisotopic (exact) mass is 1290 g/mol. The van der Waals surface area contributed by atoms with E-state index >= 15 is 4.39 Å². The molecule has 1 saturated carbocycles. The van der Waals surface area contributed by atoms with Crippen molar-refractivity contribution in [2.24, 2.45) is 11.3 Å². The summed E-state index contributed by atoms with van der Waals surface area (Å²) in [6.45, 7) is 31.2. The lowest BCUT2D eigenvalue weighted by Crippen LogP contribution is -2.58. The predicted molar refractivity (Wildman–Crippen MR) is 361 cm³/mol. The van der Waals surface area contributed by atoms with Crippen LogP contribution in [0.2, 0.25) is 16.6 Å². The van der Waals surface area contributed by atoms with E-state index in [1.807, 2.05) is 75.1 Å². The van der Waals surface area contributed by atoms with Crippen molar-refractivity contribution >= 4 is 65.1 Å². The Labute approximate surface area is 548 Å². The molecule has 12 rings (SSSR count). The van der Waals surface area contributed by atoms with Crippen LogP contribution >= 0.6 is 0 Å². The van der Waals surface area contributed by atoms with Crippen molar-refractivity contribution in [2.45, 2.75) is 174 Å². The number of rotatable bonds is 20. The lowest BCUT2D eigenvalue weighted by Gasteiger charge is -2.42. The standard InChI is InChI=1S/C72H95FN10O9Si/c1-12-89-60-36-53-40-81(41-59(60)83(53)70(87)92-71(8,9)10)66-57-38-74-64(56-37-54(91-44-88-11)35-50-15-13-14-49(62(50)56)23-33-93(45(2)3,46(4)5)47(6)7)63(73)65(57)76-69(77-66)90-43-72(24-25-72)42-79-27-21-48(22-28-79)20-26-78-29-31-80(32-30-78)52-16-17-55-51(34-52)39-82(68(55)86)58-18-19-61(84)75-67(58)85/h13-17,34-35,37-38,45-48,53,58-60H,12,18-22,24-32,36,39-44H2,1-11H3,(H,75,84,85)/t53-,58-,59-,60-/m0/s1. The number of aromatic nitrogens is 3. The van der Waals surface area contributed by atoms with Crippen molar-refractivity contribution in [3.63, 3.8) is 0 Å². The van der Waals surface area contributed by atoms with Gasteiger partial charge in [-0.3, -0.25) is 34.5 Å². The summed E-state index contributed by atoms with van der Waals surface area (Å²) < 4.78 is 49.0. The van der Waals surface area contributed by atoms with E-state index in [1.165, 1.54) is 0 Å². The molecule has 1 aliphatic carbocycles. The van der Waals surface area contributed by atoms with Crippen molar-refractivity contribution in [3.05, 3.63) is 77.2 Å². The molecule has 0 radical (unpaired) electrons. The van der Waals surface area contributed by atoms with Crippen molar-refractivity contribution in [1.29, 1.82) is 0 Å². The number of pyridine rings is 1. The van der Waals surface area contributed by atoms with Crippen LogP contribution in [-0.2, 0) is 30.3 Å². The molecule has 21 heteroatoms. The van der Waals surface area contributed by atoms with Gasteiger partial charge in [-0.1, -0.05) is 59.6 Å². The quantitative estimate of drug-likeness (QED) is 0.0336. The molecule has 93 heavy (non-hydrogen) atoms. The Morgan fingerprint density at radius 3 is 2.31 bits per heavy atom. The summed E-state index contributed by atoms with van der Waals surface area (Å²) in [6.07, 6.45) is 7.74. The molecule has 4 atom stereocenters. The Bertz CT molecular complexity index is 3680. The van der Waals surface area contributed by atoms with Crippen LogP contribution in [0, 0.1) is 28.6 Å². The van der Waals surface area contributed by atoms with E-state index in [9.17, 15) is 19.2 Å². The van der Waals surface area contributed by atoms with Crippen LogP contribution < -0.4 is 24.6 Å². The Morgan fingerprint density at radius 2 is 1.62 bits per heavy atom. The van der Waals surface area contributed by atoms with E-state index < -0.39 is 31.4 Å². The highest BCUT2D eigenvalue weighted by Crippen LogP contribution is 2.48. The average Bonchev–Trinajstić information content (AvgIpc) is 1.50. The fourth-order valence-electron chi connectivity index (χ4n) is 16.1. The maximum absolute atomic E-state index is 18.4. The van der Waals surface area contributed by atoms with Gasteiger partial charge in [0.15, 0.2) is 12.6 Å². The second-order valence-corrected chi connectivity index (χ2v) is 34.8.